The molecular weight excluding hydrogens is 447 g/mol. The van der Waals surface area contributed by atoms with E-state index >= 15 is 0 Å². The molecule has 0 aliphatic carbocycles. The molecule has 1 N–H and O–H groups in total. The Hall–Kier alpha value is -3.54. The molecule has 0 radical (unpaired) electrons. The zero-order valence-corrected chi connectivity index (χ0v) is 18.4. The maximum absolute atomic E-state index is 13.1. The van der Waals surface area contributed by atoms with Crippen LogP contribution in [0.25, 0.3) is 33.3 Å². The summed E-state index contributed by atoms with van der Waals surface area (Å²) in [6, 6.07) is 21.8. The van der Waals surface area contributed by atoms with Crippen LogP contribution >= 0.6 is 23.2 Å². The first-order valence-electron chi connectivity index (χ1n) is 9.76. The van der Waals surface area contributed by atoms with E-state index in [1.165, 1.54) is 7.11 Å². The van der Waals surface area contributed by atoms with Gasteiger partial charge in [0.25, 0.3) is 5.91 Å². The summed E-state index contributed by atoms with van der Waals surface area (Å²) >= 11 is 12.4. The van der Waals surface area contributed by atoms with Gasteiger partial charge >= 0.3 is 0 Å². The van der Waals surface area contributed by atoms with E-state index in [0.717, 1.165) is 10.8 Å². The summed E-state index contributed by atoms with van der Waals surface area (Å²) in [5, 5.41) is 5.76. The molecule has 32 heavy (non-hydrogen) atoms. The average Bonchev–Trinajstić information content (AvgIpc) is 3.22. The molecule has 158 valence electrons. The van der Waals surface area contributed by atoms with Gasteiger partial charge in [0.2, 0.25) is 5.89 Å². The van der Waals surface area contributed by atoms with E-state index in [9.17, 15) is 4.79 Å². The number of carbonyl (C=O) groups excluding carboxylic acids is 1. The van der Waals surface area contributed by atoms with Gasteiger partial charge in [-0.05, 0) is 59.3 Å². The normalized spacial score (nSPS) is 11.1. The number of carbonyl (C=O) groups is 1. The number of aromatic nitrogens is 1. The molecule has 5 rings (SSSR count). The third-order valence-corrected chi connectivity index (χ3v) is 5.69. The van der Waals surface area contributed by atoms with Gasteiger partial charge in [-0.25, -0.2) is 4.98 Å². The van der Waals surface area contributed by atoms with Gasteiger partial charge in [-0.1, -0.05) is 47.5 Å². The van der Waals surface area contributed by atoms with Gasteiger partial charge < -0.3 is 14.5 Å². The van der Waals surface area contributed by atoms with Crippen LogP contribution in [0.2, 0.25) is 10.0 Å². The second kappa shape index (κ2) is 8.19. The van der Waals surface area contributed by atoms with Crippen LogP contribution in [0, 0.1) is 0 Å². The second-order valence-electron chi connectivity index (χ2n) is 7.18. The largest absolute Gasteiger partial charge is 0.496 e. The predicted molar refractivity (Wildman–Crippen MR) is 128 cm³/mol. The van der Waals surface area contributed by atoms with Crippen molar-refractivity contribution >= 4 is 56.7 Å². The highest BCUT2D eigenvalue weighted by Gasteiger charge is 2.17. The van der Waals surface area contributed by atoms with Crippen molar-refractivity contribution < 1.29 is 13.9 Å². The Labute approximate surface area is 193 Å². The minimum absolute atomic E-state index is 0.337. The van der Waals surface area contributed by atoms with Crippen LogP contribution in [-0.4, -0.2) is 18.0 Å². The van der Waals surface area contributed by atoms with E-state index in [4.69, 9.17) is 32.4 Å². The van der Waals surface area contributed by atoms with Gasteiger partial charge in [0, 0.05) is 10.6 Å². The lowest BCUT2D eigenvalue weighted by Gasteiger charge is -2.12. The molecule has 1 amide bonds. The fraction of sp³-hybridized carbons (Fsp3) is 0.0400. The Morgan fingerprint density at radius 3 is 2.53 bits per heavy atom. The summed E-state index contributed by atoms with van der Waals surface area (Å²) in [7, 11) is 1.54. The van der Waals surface area contributed by atoms with Crippen molar-refractivity contribution in [2.24, 2.45) is 0 Å². The van der Waals surface area contributed by atoms with Gasteiger partial charge in [0.1, 0.15) is 11.3 Å². The Morgan fingerprint density at radius 2 is 1.75 bits per heavy atom. The first-order valence-corrected chi connectivity index (χ1v) is 10.5. The van der Waals surface area contributed by atoms with Crippen LogP contribution in [0.5, 0.6) is 5.75 Å². The second-order valence-corrected chi connectivity index (χ2v) is 8.02. The number of benzene rings is 4. The first-order chi connectivity index (χ1) is 15.5. The molecule has 0 fully saturated rings. The fourth-order valence-corrected chi connectivity index (χ4v) is 3.86. The number of anilines is 1. The van der Waals surface area contributed by atoms with Gasteiger partial charge in [-0.2, -0.15) is 0 Å². The molecule has 1 heterocycles. The van der Waals surface area contributed by atoms with E-state index < -0.39 is 0 Å². The molecule has 0 saturated heterocycles. The van der Waals surface area contributed by atoms with Crippen molar-refractivity contribution in [3.05, 3.63) is 88.4 Å². The number of hydrogen-bond acceptors (Lipinski definition) is 4. The van der Waals surface area contributed by atoms with Crippen LogP contribution in [0.1, 0.15) is 10.4 Å². The molecule has 0 aliphatic rings. The Bertz CT molecular complexity index is 1490. The number of methoxy groups -OCH3 is 1. The zero-order valence-electron chi connectivity index (χ0n) is 16.9. The van der Waals surface area contributed by atoms with Crippen LogP contribution in [0.4, 0.5) is 5.69 Å². The third kappa shape index (κ3) is 3.77. The lowest BCUT2D eigenvalue weighted by atomic mass is 10.1. The average molecular weight is 463 g/mol. The van der Waals surface area contributed by atoms with Crippen molar-refractivity contribution in [2.45, 2.75) is 0 Å². The molecule has 0 unspecified atom stereocenters. The number of fused-ring (bicyclic) bond motifs is 2. The van der Waals surface area contributed by atoms with Crippen molar-refractivity contribution in [3.8, 4) is 17.2 Å². The molecule has 0 aliphatic heterocycles. The summed E-state index contributed by atoms with van der Waals surface area (Å²) in [4.78, 5) is 17.6. The molecular formula is C25H16Cl2N2O3. The maximum Gasteiger partial charge on any atom is 0.259 e. The summed E-state index contributed by atoms with van der Waals surface area (Å²) in [6.45, 7) is 0. The zero-order chi connectivity index (χ0) is 22.2. The molecule has 0 saturated carbocycles. The number of nitrogens with one attached hydrogen (secondary N) is 1. The first kappa shape index (κ1) is 20.4. The van der Waals surface area contributed by atoms with Crippen molar-refractivity contribution in [2.75, 3.05) is 12.4 Å². The minimum atomic E-state index is -0.337. The van der Waals surface area contributed by atoms with Crippen LogP contribution in [0.15, 0.2) is 77.2 Å². The van der Waals surface area contributed by atoms with E-state index in [1.54, 1.807) is 42.5 Å². The highest BCUT2D eigenvalue weighted by Crippen LogP contribution is 2.32. The number of rotatable bonds is 4. The van der Waals surface area contributed by atoms with Crippen LogP contribution in [0.3, 0.4) is 0 Å². The monoisotopic (exact) mass is 462 g/mol. The van der Waals surface area contributed by atoms with Gasteiger partial charge in [0.05, 0.1) is 23.4 Å². The maximum atomic E-state index is 13.1. The van der Waals surface area contributed by atoms with E-state index in [1.807, 2.05) is 30.3 Å². The number of amides is 1. The quantitative estimate of drug-likeness (QED) is 0.306. The highest BCUT2D eigenvalue weighted by molar-refractivity contribution is 6.34. The van der Waals surface area contributed by atoms with Crippen molar-refractivity contribution in [1.82, 2.24) is 4.98 Å². The van der Waals surface area contributed by atoms with Crippen molar-refractivity contribution in [1.29, 1.82) is 0 Å². The molecule has 7 heteroatoms. The molecule has 1 aromatic heterocycles. The Balaban J connectivity index is 1.50. The standard InChI is InChI=1S/C25H16Cl2N2O3/c1-31-23-12-15-5-3-2-4-14(15)10-18(23)24(30)28-20-11-16(6-8-19(20)27)25-29-21-13-17(26)7-9-22(21)32-25/h2-13H,1H3,(H,28,30). The van der Waals surface area contributed by atoms with Gasteiger partial charge in [-0.3, -0.25) is 4.79 Å². The lowest BCUT2D eigenvalue weighted by Crippen LogP contribution is -2.13. The number of oxazole rings is 1. The van der Waals surface area contributed by atoms with E-state index in [0.29, 0.717) is 49.6 Å². The smallest absolute Gasteiger partial charge is 0.259 e. The molecule has 4 aromatic carbocycles. The van der Waals surface area contributed by atoms with Gasteiger partial charge in [0.15, 0.2) is 5.58 Å². The highest BCUT2D eigenvalue weighted by atomic mass is 35.5. The fourth-order valence-electron chi connectivity index (χ4n) is 3.53. The SMILES string of the molecule is COc1cc2ccccc2cc1C(=O)Nc1cc(-c2nc3cc(Cl)ccc3o2)ccc1Cl. The van der Waals surface area contributed by atoms with Crippen LogP contribution in [-0.2, 0) is 0 Å². The van der Waals surface area contributed by atoms with Gasteiger partial charge in [-0.15, -0.1) is 0 Å². The molecule has 5 aromatic rings. The lowest BCUT2D eigenvalue weighted by molar-refractivity contribution is 0.102. The van der Waals surface area contributed by atoms with Crippen LogP contribution < -0.4 is 10.1 Å². The molecule has 5 nitrogen and oxygen atoms in total. The van der Waals surface area contributed by atoms with E-state index in [-0.39, 0.29) is 5.91 Å². The molecule has 0 atom stereocenters. The number of hydrogen-bond donors (Lipinski definition) is 1. The summed E-state index contributed by atoms with van der Waals surface area (Å²) in [6.07, 6.45) is 0. The van der Waals surface area contributed by atoms with E-state index in [2.05, 4.69) is 10.3 Å². The van der Waals surface area contributed by atoms with Crippen molar-refractivity contribution in [3.63, 3.8) is 0 Å². The molecule has 0 spiro atoms. The topological polar surface area (TPSA) is 64.4 Å². The molecule has 0 bridgehead atoms. The number of nitrogens with zero attached hydrogens (tertiary/aromatic N) is 1. The Morgan fingerprint density at radius 1 is 0.969 bits per heavy atom. The number of halogens is 2. The number of ether oxygens (including phenoxy) is 1. The minimum Gasteiger partial charge on any atom is -0.496 e. The Kier molecular flexibility index (Phi) is 5.21. The summed E-state index contributed by atoms with van der Waals surface area (Å²) < 4.78 is 11.3. The predicted octanol–water partition coefficient (Wildman–Crippen LogP) is 7.22. The third-order valence-electron chi connectivity index (χ3n) is 5.12. The summed E-state index contributed by atoms with van der Waals surface area (Å²) in [5.41, 5.74) is 2.77. The summed E-state index contributed by atoms with van der Waals surface area (Å²) in [5.74, 6) is 0.540.